The molecule has 0 spiro atoms. The number of hydrogen-bond donors (Lipinski definition) is 2. The molecule has 126 valence electrons. The molecule has 7 heteroatoms. The van der Waals surface area contributed by atoms with Gasteiger partial charge in [-0.2, -0.15) is 0 Å². The van der Waals surface area contributed by atoms with E-state index >= 15 is 0 Å². The molecule has 0 saturated carbocycles. The van der Waals surface area contributed by atoms with Gasteiger partial charge in [0.15, 0.2) is 5.11 Å². The highest BCUT2D eigenvalue weighted by atomic mass is 32.1. The summed E-state index contributed by atoms with van der Waals surface area (Å²) in [6, 6.07) is 10.0. The van der Waals surface area contributed by atoms with E-state index in [2.05, 4.69) is 16.7 Å². The lowest BCUT2D eigenvalue weighted by Gasteiger charge is -2.25. The second-order valence-electron chi connectivity index (χ2n) is 6.02. The molecule has 25 heavy (non-hydrogen) atoms. The van der Waals surface area contributed by atoms with Gasteiger partial charge in [0.25, 0.3) is 11.8 Å². The van der Waals surface area contributed by atoms with E-state index in [-0.39, 0.29) is 11.8 Å². The number of nitrogens with one attached hydrogen (secondary N) is 2. The standard InChI is InChI=1S/C18H15N3O2S2/c1-21-7-6-10-2-3-11(8-13(10)17(21)23)15-5-4-12(25-15)9-14-16(22)20-18(24)19-14/h2-5,8-9H,6-7H2,1H3,(H2,19,20,22,24)/b14-9-. The molecule has 1 aromatic heterocycles. The summed E-state index contributed by atoms with van der Waals surface area (Å²) >= 11 is 6.50. The van der Waals surface area contributed by atoms with Gasteiger partial charge in [-0.1, -0.05) is 12.1 Å². The van der Waals surface area contributed by atoms with Crippen molar-refractivity contribution in [1.82, 2.24) is 15.5 Å². The Kier molecular flexibility index (Phi) is 3.89. The molecule has 2 amide bonds. The maximum atomic E-state index is 12.4. The number of hydrogen-bond acceptors (Lipinski definition) is 4. The van der Waals surface area contributed by atoms with Gasteiger partial charge in [0.05, 0.1) is 0 Å². The van der Waals surface area contributed by atoms with Gasteiger partial charge in [0.1, 0.15) is 5.70 Å². The molecule has 2 aliphatic rings. The average molecular weight is 369 g/mol. The highest BCUT2D eigenvalue weighted by Gasteiger charge is 2.22. The van der Waals surface area contributed by atoms with Gasteiger partial charge < -0.3 is 10.2 Å². The number of amides is 2. The van der Waals surface area contributed by atoms with Crippen molar-refractivity contribution >= 4 is 46.6 Å². The SMILES string of the molecule is CN1CCc2ccc(-c3ccc(/C=C4\NC(=S)NC4=O)s3)cc2C1=O. The molecule has 3 heterocycles. The van der Waals surface area contributed by atoms with Gasteiger partial charge in [0.2, 0.25) is 0 Å². The van der Waals surface area contributed by atoms with Crippen LogP contribution in [0.1, 0.15) is 20.8 Å². The third-order valence-electron chi connectivity index (χ3n) is 4.32. The zero-order valence-electron chi connectivity index (χ0n) is 13.5. The Morgan fingerprint density at radius 1 is 1.20 bits per heavy atom. The monoisotopic (exact) mass is 369 g/mol. The van der Waals surface area contributed by atoms with E-state index in [0.29, 0.717) is 10.8 Å². The van der Waals surface area contributed by atoms with Gasteiger partial charge >= 0.3 is 0 Å². The first-order valence-corrected chi connectivity index (χ1v) is 9.06. The van der Waals surface area contributed by atoms with Crippen molar-refractivity contribution in [3.63, 3.8) is 0 Å². The topological polar surface area (TPSA) is 61.4 Å². The van der Waals surface area contributed by atoms with Gasteiger partial charge in [-0.15, -0.1) is 11.3 Å². The lowest BCUT2D eigenvalue weighted by atomic mass is 9.96. The molecule has 2 N–H and O–H groups in total. The highest BCUT2D eigenvalue weighted by Crippen LogP contribution is 2.32. The Morgan fingerprint density at radius 3 is 2.80 bits per heavy atom. The van der Waals surface area contributed by atoms with Crippen LogP contribution in [0, 0.1) is 0 Å². The second-order valence-corrected chi connectivity index (χ2v) is 7.54. The molecule has 4 rings (SSSR count). The van der Waals surface area contributed by atoms with Crippen LogP contribution in [0.3, 0.4) is 0 Å². The molecular weight excluding hydrogens is 354 g/mol. The van der Waals surface area contributed by atoms with E-state index in [4.69, 9.17) is 12.2 Å². The molecule has 2 aromatic rings. The van der Waals surface area contributed by atoms with E-state index < -0.39 is 0 Å². The predicted molar refractivity (Wildman–Crippen MR) is 102 cm³/mol. The molecular formula is C18H15N3O2S2. The smallest absolute Gasteiger partial charge is 0.273 e. The van der Waals surface area contributed by atoms with E-state index in [1.165, 1.54) is 0 Å². The zero-order valence-corrected chi connectivity index (χ0v) is 15.1. The minimum absolute atomic E-state index is 0.0716. The number of carbonyl (C=O) groups excluding carboxylic acids is 2. The Labute approximate surface area is 154 Å². The first kappa shape index (κ1) is 16.0. The van der Waals surface area contributed by atoms with Crippen LogP contribution in [0.2, 0.25) is 0 Å². The van der Waals surface area contributed by atoms with Crippen LogP contribution in [0.5, 0.6) is 0 Å². The predicted octanol–water partition coefficient (Wildman–Crippen LogP) is 2.39. The van der Waals surface area contributed by atoms with Crippen molar-refractivity contribution in [3.05, 3.63) is 52.0 Å². The maximum Gasteiger partial charge on any atom is 0.273 e. The number of rotatable bonds is 2. The van der Waals surface area contributed by atoms with Crippen molar-refractivity contribution in [1.29, 1.82) is 0 Å². The molecule has 1 aromatic carbocycles. The van der Waals surface area contributed by atoms with Crippen molar-refractivity contribution in [2.45, 2.75) is 6.42 Å². The van der Waals surface area contributed by atoms with E-state index in [0.717, 1.165) is 39.4 Å². The first-order valence-electron chi connectivity index (χ1n) is 7.84. The molecule has 5 nitrogen and oxygen atoms in total. The van der Waals surface area contributed by atoms with Crippen LogP contribution in [0.25, 0.3) is 16.5 Å². The van der Waals surface area contributed by atoms with Gasteiger partial charge in [0, 0.05) is 28.9 Å². The Morgan fingerprint density at radius 2 is 2.04 bits per heavy atom. The van der Waals surface area contributed by atoms with Crippen LogP contribution < -0.4 is 10.6 Å². The quantitative estimate of drug-likeness (QED) is 0.630. The molecule has 0 aliphatic carbocycles. The largest absolute Gasteiger partial charge is 0.341 e. The summed E-state index contributed by atoms with van der Waals surface area (Å²) in [4.78, 5) is 27.8. The molecule has 0 bridgehead atoms. The molecule has 0 atom stereocenters. The lowest BCUT2D eigenvalue weighted by molar-refractivity contribution is -0.115. The molecule has 0 radical (unpaired) electrons. The van der Waals surface area contributed by atoms with Gasteiger partial charge in [-0.3, -0.25) is 14.9 Å². The van der Waals surface area contributed by atoms with Crippen LogP contribution >= 0.6 is 23.6 Å². The summed E-state index contributed by atoms with van der Waals surface area (Å²) in [5.41, 5.74) is 3.34. The number of likely N-dealkylation sites (N-methyl/N-ethyl adjacent to an activating group) is 1. The number of nitrogens with zero attached hydrogens (tertiary/aromatic N) is 1. The van der Waals surface area contributed by atoms with Gasteiger partial charge in [-0.25, -0.2) is 0 Å². The van der Waals surface area contributed by atoms with Crippen LogP contribution in [0.15, 0.2) is 36.0 Å². The molecule has 1 saturated heterocycles. The number of thiocarbonyl (C=S) groups is 1. The summed E-state index contributed by atoms with van der Waals surface area (Å²) in [7, 11) is 1.83. The molecule has 1 fully saturated rings. The fraction of sp³-hybridized carbons (Fsp3) is 0.167. The lowest BCUT2D eigenvalue weighted by Crippen LogP contribution is -2.34. The summed E-state index contributed by atoms with van der Waals surface area (Å²) in [6.45, 7) is 0.763. The minimum atomic E-state index is -0.220. The Bertz CT molecular complexity index is 946. The Hall–Kier alpha value is -2.51. The van der Waals surface area contributed by atoms with Crippen LogP contribution in [-0.2, 0) is 11.2 Å². The summed E-state index contributed by atoms with van der Waals surface area (Å²) in [6.07, 6.45) is 2.67. The zero-order chi connectivity index (χ0) is 17.6. The van der Waals surface area contributed by atoms with Crippen molar-refractivity contribution in [2.75, 3.05) is 13.6 Å². The molecule has 2 aliphatic heterocycles. The third kappa shape index (κ3) is 2.96. The van der Waals surface area contributed by atoms with Crippen molar-refractivity contribution in [2.24, 2.45) is 0 Å². The van der Waals surface area contributed by atoms with Crippen LogP contribution in [-0.4, -0.2) is 35.4 Å². The molecule has 0 unspecified atom stereocenters. The number of thiophene rings is 1. The van der Waals surface area contributed by atoms with Gasteiger partial charge in [-0.05, 0) is 54.0 Å². The summed E-state index contributed by atoms with van der Waals surface area (Å²) in [5, 5.41) is 5.71. The highest BCUT2D eigenvalue weighted by molar-refractivity contribution is 7.80. The summed E-state index contributed by atoms with van der Waals surface area (Å²) in [5.74, 6) is -0.148. The summed E-state index contributed by atoms with van der Waals surface area (Å²) < 4.78 is 0. The first-order chi connectivity index (χ1) is 12.0. The van der Waals surface area contributed by atoms with E-state index in [9.17, 15) is 9.59 Å². The normalized spacial score (nSPS) is 18.4. The van der Waals surface area contributed by atoms with Crippen LogP contribution in [0.4, 0.5) is 0 Å². The van der Waals surface area contributed by atoms with Crippen molar-refractivity contribution < 1.29 is 9.59 Å². The fourth-order valence-corrected chi connectivity index (χ4v) is 4.10. The number of benzene rings is 1. The minimum Gasteiger partial charge on any atom is -0.341 e. The third-order valence-corrected chi connectivity index (χ3v) is 5.61. The average Bonchev–Trinajstić information content (AvgIpc) is 3.18. The maximum absolute atomic E-state index is 12.4. The number of carbonyl (C=O) groups is 2. The van der Waals surface area contributed by atoms with E-state index in [1.807, 2.05) is 31.3 Å². The fourth-order valence-electron chi connectivity index (χ4n) is 2.95. The van der Waals surface area contributed by atoms with E-state index in [1.54, 1.807) is 22.3 Å². The second kappa shape index (κ2) is 6.09. The Balaban J connectivity index is 1.65. The number of fused-ring (bicyclic) bond motifs is 1. The van der Waals surface area contributed by atoms with Crippen molar-refractivity contribution in [3.8, 4) is 10.4 Å².